The first kappa shape index (κ1) is 24.4. The molecule has 2 aromatic rings. The van der Waals surface area contributed by atoms with E-state index in [1.54, 1.807) is 7.05 Å². The molecular formula is C22H32IN3O2. The summed E-state index contributed by atoms with van der Waals surface area (Å²) < 4.78 is 11.2. The number of hydrogen-bond acceptors (Lipinski definition) is 3. The lowest BCUT2D eigenvalue weighted by Gasteiger charge is -2.12. The standard InChI is InChI=1S/C22H31N3O2.HI/c1-3-26-14-8-13-24-22(23-2)25-16-20-11-7-12-21(15-20)18-27-17-19-9-5-4-6-10-19;/h4-7,9-12,15H,3,8,13-14,16-18H2,1-2H3,(H2,23,24,25);1H. The molecule has 0 saturated carbocycles. The number of guanidine groups is 1. The zero-order valence-corrected chi connectivity index (χ0v) is 19.1. The molecule has 0 bridgehead atoms. The lowest BCUT2D eigenvalue weighted by atomic mass is 10.1. The number of halogens is 1. The molecule has 2 rings (SSSR count). The van der Waals surface area contributed by atoms with Crippen LogP contribution in [0.2, 0.25) is 0 Å². The first-order valence-electron chi connectivity index (χ1n) is 9.53. The first-order valence-corrected chi connectivity index (χ1v) is 9.53. The molecule has 6 heteroatoms. The van der Waals surface area contributed by atoms with Crippen LogP contribution in [0.1, 0.15) is 30.0 Å². The van der Waals surface area contributed by atoms with Gasteiger partial charge in [0.1, 0.15) is 0 Å². The van der Waals surface area contributed by atoms with Crippen molar-refractivity contribution in [3.05, 3.63) is 71.3 Å². The molecule has 0 unspecified atom stereocenters. The van der Waals surface area contributed by atoms with Crippen molar-refractivity contribution in [2.75, 3.05) is 26.8 Å². The van der Waals surface area contributed by atoms with E-state index in [2.05, 4.69) is 52.0 Å². The van der Waals surface area contributed by atoms with Gasteiger partial charge in [-0.25, -0.2) is 0 Å². The minimum atomic E-state index is 0. The zero-order valence-electron chi connectivity index (χ0n) is 16.8. The third kappa shape index (κ3) is 10.1. The summed E-state index contributed by atoms with van der Waals surface area (Å²) in [5.41, 5.74) is 3.56. The Morgan fingerprint density at radius 3 is 2.36 bits per heavy atom. The van der Waals surface area contributed by atoms with Crippen LogP contribution in [0, 0.1) is 0 Å². The van der Waals surface area contributed by atoms with Gasteiger partial charge in [-0.1, -0.05) is 54.6 Å². The van der Waals surface area contributed by atoms with Crippen molar-refractivity contribution in [3.8, 4) is 0 Å². The van der Waals surface area contributed by atoms with Crippen molar-refractivity contribution in [3.63, 3.8) is 0 Å². The van der Waals surface area contributed by atoms with Crippen LogP contribution >= 0.6 is 24.0 Å². The molecule has 0 fully saturated rings. The molecule has 0 radical (unpaired) electrons. The monoisotopic (exact) mass is 497 g/mol. The van der Waals surface area contributed by atoms with Crippen molar-refractivity contribution < 1.29 is 9.47 Å². The average molecular weight is 497 g/mol. The van der Waals surface area contributed by atoms with Crippen LogP contribution in [-0.2, 0) is 29.2 Å². The Kier molecular flexibility index (Phi) is 13.3. The highest BCUT2D eigenvalue weighted by atomic mass is 127. The highest BCUT2D eigenvalue weighted by Gasteiger charge is 2.01. The lowest BCUT2D eigenvalue weighted by Crippen LogP contribution is -2.37. The summed E-state index contributed by atoms with van der Waals surface area (Å²) in [6, 6.07) is 18.7. The van der Waals surface area contributed by atoms with Gasteiger partial charge in [0.15, 0.2) is 5.96 Å². The fourth-order valence-electron chi connectivity index (χ4n) is 2.62. The van der Waals surface area contributed by atoms with Gasteiger partial charge in [0.2, 0.25) is 0 Å². The number of nitrogens with zero attached hydrogens (tertiary/aromatic N) is 1. The molecule has 0 aliphatic rings. The van der Waals surface area contributed by atoms with Crippen molar-refractivity contribution in [1.29, 1.82) is 0 Å². The quantitative estimate of drug-likeness (QED) is 0.212. The Hall–Kier alpha value is -1.64. The second-order valence-corrected chi connectivity index (χ2v) is 6.20. The second-order valence-electron chi connectivity index (χ2n) is 6.20. The summed E-state index contributed by atoms with van der Waals surface area (Å²) in [6.45, 7) is 6.33. The van der Waals surface area contributed by atoms with Gasteiger partial charge in [0.05, 0.1) is 13.2 Å². The van der Waals surface area contributed by atoms with E-state index >= 15 is 0 Å². The van der Waals surface area contributed by atoms with Gasteiger partial charge in [0, 0.05) is 33.4 Å². The Bertz CT molecular complexity index is 680. The van der Waals surface area contributed by atoms with Crippen LogP contribution in [0.15, 0.2) is 59.6 Å². The summed E-state index contributed by atoms with van der Waals surface area (Å²) in [4.78, 5) is 4.26. The van der Waals surface area contributed by atoms with E-state index in [4.69, 9.17) is 9.47 Å². The topological polar surface area (TPSA) is 54.9 Å². The summed E-state index contributed by atoms with van der Waals surface area (Å²) in [5, 5.41) is 6.64. The predicted molar refractivity (Wildman–Crippen MR) is 126 cm³/mol. The molecule has 28 heavy (non-hydrogen) atoms. The minimum absolute atomic E-state index is 0. The average Bonchev–Trinajstić information content (AvgIpc) is 2.71. The molecule has 0 aliphatic heterocycles. The van der Waals surface area contributed by atoms with Crippen molar-refractivity contribution in [2.24, 2.45) is 4.99 Å². The number of rotatable bonds is 11. The van der Waals surface area contributed by atoms with Crippen LogP contribution < -0.4 is 10.6 Å². The van der Waals surface area contributed by atoms with Crippen molar-refractivity contribution >= 4 is 29.9 Å². The molecule has 0 spiro atoms. The van der Waals surface area contributed by atoms with Crippen LogP contribution in [0.25, 0.3) is 0 Å². The van der Waals surface area contributed by atoms with E-state index < -0.39 is 0 Å². The van der Waals surface area contributed by atoms with E-state index in [1.807, 2.05) is 25.1 Å². The minimum Gasteiger partial charge on any atom is -0.382 e. The molecule has 0 aromatic heterocycles. The van der Waals surface area contributed by atoms with Gasteiger partial charge in [-0.3, -0.25) is 4.99 Å². The largest absolute Gasteiger partial charge is 0.382 e. The Labute approximate surface area is 186 Å². The number of nitrogens with one attached hydrogen (secondary N) is 2. The number of ether oxygens (including phenoxy) is 2. The molecular weight excluding hydrogens is 465 g/mol. The van der Waals surface area contributed by atoms with Crippen molar-refractivity contribution in [1.82, 2.24) is 10.6 Å². The first-order chi connectivity index (χ1) is 13.3. The van der Waals surface area contributed by atoms with Gasteiger partial charge >= 0.3 is 0 Å². The van der Waals surface area contributed by atoms with E-state index in [-0.39, 0.29) is 24.0 Å². The normalized spacial score (nSPS) is 11.0. The highest BCUT2D eigenvalue weighted by Crippen LogP contribution is 2.09. The molecule has 0 amide bonds. The Morgan fingerprint density at radius 2 is 1.61 bits per heavy atom. The van der Waals surface area contributed by atoms with Gasteiger partial charge in [-0.2, -0.15) is 0 Å². The molecule has 5 nitrogen and oxygen atoms in total. The molecule has 0 heterocycles. The SMILES string of the molecule is CCOCCCNC(=NC)NCc1cccc(COCc2ccccc2)c1.I. The molecule has 0 saturated heterocycles. The van der Waals surface area contributed by atoms with Gasteiger partial charge < -0.3 is 20.1 Å². The fourth-order valence-corrected chi connectivity index (χ4v) is 2.62. The van der Waals surface area contributed by atoms with E-state index in [0.29, 0.717) is 13.2 Å². The second kappa shape index (κ2) is 15.3. The Morgan fingerprint density at radius 1 is 0.893 bits per heavy atom. The van der Waals surface area contributed by atoms with E-state index in [0.717, 1.165) is 38.7 Å². The zero-order chi connectivity index (χ0) is 19.2. The smallest absolute Gasteiger partial charge is 0.191 e. The van der Waals surface area contributed by atoms with Crippen LogP contribution in [0.5, 0.6) is 0 Å². The maximum absolute atomic E-state index is 5.82. The molecule has 0 atom stereocenters. The van der Waals surface area contributed by atoms with Crippen LogP contribution in [0.4, 0.5) is 0 Å². The summed E-state index contributed by atoms with van der Waals surface area (Å²) in [7, 11) is 1.78. The number of hydrogen-bond donors (Lipinski definition) is 2. The van der Waals surface area contributed by atoms with E-state index in [1.165, 1.54) is 16.7 Å². The van der Waals surface area contributed by atoms with E-state index in [9.17, 15) is 0 Å². The summed E-state index contributed by atoms with van der Waals surface area (Å²) in [5.74, 6) is 0.803. The molecule has 0 aliphatic carbocycles. The van der Waals surface area contributed by atoms with Crippen LogP contribution in [-0.4, -0.2) is 32.8 Å². The molecule has 2 aromatic carbocycles. The van der Waals surface area contributed by atoms with Crippen LogP contribution in [0.3, 0.4) is 0 Å². The fraction of sp³-hybridized carbons (Fsp3) is 0.409. The maximum Gasteiger partial charge on any atom is 0.191 e. The predicted octanol–water partition coefficient (Wildman–Crippen LogP) is 4.11. The highest BCUT2D eigenvalue weighted by molar-refractivity contribution is 14.0. The maximum atomic E-state index is 5.82. The third-order valence-electron chi connectivity index (χ3n) is 4.02. The molecule has 154 valence electrons. The van der Waals surface area contributed by atoms with Crippen molar-refractivity contribution in [2.45, 2.75) is 33.1 Å². The lowest BCUT2D eigenvalue weighted by molar-refractivity contribution is 0.107. The number of aliphatic imine (C=N–C) groups is 1. The van der Waals surface area contributed by atoms with Gasteiger partial charge in [-0.05, 0) is 30.0 Å². The van der Waals surface area contributed by atoms with Gasteiger partial charge in [0.25, 0.3) is 0 Å². The summed E-state index contributed by atoms with van der Waals surface area (Å²) >= 11 is 0. The third-order valence-corrected chi connectivity index (χ3v) is 4.02. The Balaban J connectivity index is 0.00000392. The molecule has 2 N–H and O–H groups in total. The summed E-state index contributed by atoms with van der Waals surface area (Å²) in [6.07, 6.45) is 0.961. The number of benzene rings is 2. The van der Waals surface area contributed by atoms with Gasteiger partial charge in [-0.15, -0.1) is 24.0 Å².